The molecular formula is C20H22F2N2O3S. The Kier molecular flexibility index (Phi) is 6.10. The topological polar surface area (TPSA) is 57.7 Å². The van der Waals surface area contributed by atoms with Gasteiger partial charge in [0.1, 0.15) is 16.5 Å². The molecule has 1 aliphatic rings. The number of benzene rings is 2. The maximum atomic E-state index is 13.9. The van der Waals surface area contributed by atoms with Gasteiger partial charge in [-0.3, -0.25) is 4.79 Å². The summed E-state index contributed by atoms with van der Waals surface area (Å²) in [5, 5.41) is 0. The first-order valence-electron chi connectivity index (χ1n) is 9.06. The van der Waals surface area contributed by atoms with Crippen LogP contribution in [0.2, 0.25) is 0 Å². The van der Waals surface area contributed by atoms with E-state index < -0.39 is 26.6 Å². The number of carbonyl (C=O) groups is 1. The van der Waals surface area contributed by atoms with Crippen molar-refractivity contribution in [3.63, 3.8) is 0 Å². The van der Waals surface area contributed by atoms with Crippen LogP contribution in [-0.4, -0.2) is 49.7 Å². The van der Waals surface area contributed by atoms with E-state index in [0.29, 0.717) is 18.9 Å². The smallest absolute Gasteiger partial charge is 0.246 e. The number of amides is 1. The van der Waals surface area contributed by atoms with Gasteiger partial charge in [0, 0.05) is 32.6 Å². The quantitative estimate of drug-likeness (QED) is 0.765. The predicted octanol–water partition coefficient (Wildman–Crippen LogP) is 2.74. The van der Waals surface area contributed by atoms with Crippen LogP contribution in [0.15, 0.2) is 47.4 Å². The summed E-state index contributed by atoms with van der Waals surface area (Å²) in [5.74, 6) is -1.85. The van der Waals surface area contributed by atoms with Crippen molar-refractivity contribution in [2.24, 2.45) is 0 Å². The Morgan fingerprint density at radius 3 is 2.43 bits per heavy atom. The SMILES string of the molecule is Cc1cccc(CCC(=O)N2CCN(S(=O)(=O)c3cc(F)ccc3F)CC2)c1. The molecule has 3 rings (SSSR count). The average molecular weight is 408 g/mol. The minimum atomic E-state index is -4.14. The Balaban J connectivity index is 1.59. The van der Waals surface area contributed by atoms with Crippen molar-refractivity contribution >= 4 is 15.9 Å². The Hall–Kier alpha value is -2.32. The third-order valence-electron chi connectivity index (χ3n) is 4.81. The lowest BCUT2D eigenvalue weighted by Crippen LogP contribution is -2.50. The van der Waals surface area contributed by atoms with E-state index in [2.05, 4.69) is 0 Å². The van der Waals surface area contributed by atoms with E-state index in [-0.39, 0.29) is 32.1 Å². The zero-order valence-corrected chi connectivity index (χ0v) is 16.4. The van der Waals surface area contributed by atoms with E-state index in [1.54, 1.807) is 4.90 Å². The molecule has 8 heteroatoms. The molecule has 0 N–H and O–H groups in total. The fraction of sp³-hybridized carbons (Fsp3) is 0.350. The van der Waals surface area contributed by atoms with Crippen LogP contribution in [0.4, 0.5) is 8.78 Å². The van der Waals surface area contributed by atoms with Crippen molar-refractivity contribution in [2.75, 3.05) is 26.2 Å². The van der Waals surface area contributed by atoms with Crippen molar-refractivity contribution in [3.8, 4) is 0 Å². The molecule has 0 aliphatic carbocycles. The van der Waals surface area contributed by atoms with E-state index in [9.17, 15) is 22.0 Å². The zero-order chi connectivity index (χ0) is 20.3. The van der Waals surface area contributed by atoms with Crippen molar-refractivity contribution in [2.45, 2.75) is 24.7 Å². The number of halogens is 2. The van der Waals surface area contributed by atoms with E-state index >= 15 is 0 Å². The number of carbonyl (C=O) groups excluding carboxylic acids is 1. The first-order chi connectivity index (χ1) is 13.3. The number of nitrogens with zero attached hydrogens (tertiary/aromatic N) is 2. The van der Waals surface area contributed by atoms with Crippen molar-refractivity contribution in [1.82, 2.24) is 9.21 Å². The molecule has 2 aromatic rings. The highest BCUT2D eigenvalue weighted by atomic mass is 32.2. The van der Waals surface area contributed by atoms with E-state index in [1.807, 2.05) is 31.2 Å². The molecule has 1 heterocycles. The van der Waals surface area contributed by atoms with Crippen LogP contribution in [0, 0.1) is 18.6 Å². The lowest BCUT2D eigenvalue weighted by molar-refractivity contribution is -0.132. The van der Waals surface area contributed by atoms with Gasteiger partial charge in [0.05, 0.1) is 0 Å². The summed E-state index contributed by atoms with van der Waals surface area (Å²) >= 11 is 0. The van der Waals surface area contributed by atoms with Crippen LogP contribution in [0.5, 0.6) is 0 Å². The summed E-state index contributed by atoms with van der Waals surface area (Å²) in [6, 6.07) is 10.3. The van der Waals surface area contributed by atoms with Crippen molar-refractivity contribution in [1.29, 1.82) is 0 Å². The maximum absolute atomic E-state index is 13.9. The molecule has 1 saturated heterocycles. The number of sulfonamides is 1. The molecule has 0 spiro atoms. The standard InChI is InChI=1S/C20H22F2N2O3S/c1-15-3-2-4-16(13-15)5-8-20(25)23-9-11-24(12-10-23)28(26,27)19-14-17(21)6-7-18(19)22/h2-4,6-7,13-14H,5,8-12H2,1H3. The van der Waals surface area contributed by atoms with E-state index in [4.69, 9.17) is 0 Å². The van der Waals surface area contributed by atoms with Gasteiger partial charge in [-0.2, -0.15) is 4.31 Å². The summed E-state index contributed by atoms with van der Waals surface area (Å²) in [6.45, 7) is 2.54. The molecule has 2 aromatic carbocycles. The molecule has 1 fully saturated rings. The Morgan fingerprint density at radius 2 is 1.75 bits per heavy atom. The van der Waals surface area contributed by atoms with Crippen LogP contribution < -0.4 is 0 Å². The molecule has 0 radical (unpaired) electrons. The van der Waals surface area contributed by atoms with Crippen LogP contribution in [-0.2, 0) is 21.2 Å². The number of piperazine rings is 1. The molecule has 0 saturated carbocycles. The van der Waals surface area contributed by atoms with Gasteiger partial charge in [-0.1, -0.05) is 29.8 Å². The average Bonchev–Trinajstić information content (AvgIpc) is 2.68. The second-order valence-electron chi connectivity index (χ2n) is 6.85. The highest BCUT2D eigenvalue weighted by Crippen LogP contribution is 2.22. The molecule has 150 valence electrons. The van der Waals surface area contributed by atoms with Gasteiger partial charge in [0.2, 0.25) is 15.9 Å². The van der Waals surface area contributed by atoms with E-state index in [1.165, 1.54) is 0 Å². The monoisotopic (exact) mass is 408 g/mol. The first-order valence-corrected chi connectivity index (χ1v) is 10.5. The fourth-order valence-corrected chi connectivity index (χ4v) is 4.77. The summed E-state index contributed by atoms with van der Waals surface area (Å²) in [4.78, 5) is 13.4. The normalized spacial score (nSPS) is 15.6. The number of hydrogen-bond donors (Lipinski definition) is 0. The van der Waals surface area contributed by atoms with E-state index in [0.717, 1.165) is 27.6 Å². The molecule has 0 aromatic heterocycles. The molecule has 1 amide bonds. The molecule has 5 nitrogen and oxygen atoms in total. The summed E-state index contributed by atoms with van der Waals surface area (Å²) in [7, 11) is -4.14. The van der Waals surface area contributed by atoms with Gasteiger partial charge in [0.15, 0.2) is 0 Å². The highest BCUT2D eigenvalue weighted by molar-refractivity contribution is 7.89. The Morgan fingerprint density at radius 1 is 1.04 bits per heavy atom. The molecule has 0 atom stereocenters. The number of rotatable bonds is 5. The van der Waals surface area contributed by atoms with Gasteiger partial charge < -0.3 is 4.90 Å². The predicted molar refractivity (Wildman–Crippen MR) is 101 cm³/mol. The lowest BCUT2D eigenvalue weighted by atomic mass is 10.1. The number of hydrogen-bond acceptors (Lipinski definition) is 3. The zero-order valence-electron chi connectivity index (χ0n) is 15.6. The van der Waals surface area contributed by atoms with Crippen molar-refractivity contribution < 1.29 is 22.0 Å². The summed E-state index contributed by atoms with van der Waals surface area (Å²) in [6.07, 6.45) is 0.961. The summed E-state index contributed by atoms with van der Waals surface area (Å²) in [5.41, 5.74) is 2.21. The maximum Gasteiger partial charge on any atom is 0.246 e. The molecular weight excluding hydrogens is 386 g/mol. The summed E-state index contributed by atoms with van der Waals surface area (Å²) < 4.78 is 53.5. The minimum absolute atomic E-state index is 0.0458. The number of aryl methyl sites for hydroxylation is 2. The largest absolute Gasteiger partial charge is 0.340 e. The van der Waals surface area contributed by atoms with Gasteiger partial charge in [-0.25, -0.2) is 17.2 Å². The minimum Gasteiger partial charge on any atom is -0.340 e. The molecule has 0 unspecified atom stereocenters. The van der Waals surface area contributed by atoms with Crippen molar-refractivity contribution in [3.05, 3.63) is 65.2 Å². The fourth-order valence-electron chi connectivity index (χ4n) is 3.27. The van der Waals surface area contributed by atoms with Gasteiger partial charge >= 0.3 is 0 Å². The van der Waals surface area contributed by atoms with Gasteiger partial charge in [-0.05, 0) is 37.1 Å². The Bertz CT molecular complexity index is 971. The Labute approximate surface area is 163 Å². The third kappa shape index (κ3) is 4.56. The third-order valence-corrected chi connectivity index (χ3v) is 6.73. The second kappa shape index (κ2) is 8.36. The van der Waals surface area contributed by atoms with Crippen LogP contribution in [0.3, 0.4) is 0 Å². The molecule has 28 heavy (non-hydrogen) atoms. The van der Waals surface area contributed by atoms with Gasteiger partial charge in [-0.15, -0.1) is 0 Å². The van der Waals surface area contributed by atoms with Crippen LogP contribution >= 0.6 is 0 Å². The van der Waals surface area contributed by atoms with Crippen LogP contribution in [0.1, 0.15) is 17.5 Å². The molecule has 0 bridgehead atoms. The van der Waals surface area contributed by atoms with Crippen LogP contribution in [0.25, 0.3) is 0 Å². The van der Waals surface area contributed by atoms with Gasteiger partial charge in [0.25, 0.3) is 0 Å². The first kappa shape index (κ1) is 20.4. The second-order valence-corrected chi connectivity index (χ2v) is 8.76. The molecule has 1 aliphatic heterocycles. The highest BCUT2D eigenvalue weighted by Gasteiger charge is 2.32. The lowest BCUT2D eigenvalue weighted by Gasteiger charge is -2.34.